The van der Waals surface area contributed by atoms with Gasteiger partial charge < -0.3 is 15.4 Å². The molecular formula is C21H17Cl2N3O3. The van der Waals surface area contributed by atoms with Crippen molar-refractivity contribution < 1.29 is 14.3 Å². The van der Waals surface area contributed by atoms with Crippen LogP contribution in [0.4, 0.5) is 17.2 Å². The quantitative estimate of drug-likeness (QED) is 0.501. The monoisotopic (exact) mass is 429 g/mol. The molecule has 2 aromatic carbocycles. The number of nitrogens with zero attached hydrogens (tertiary/aromatic N) is 1. The van der Waals surface area contributed by atoms with E-state index < -0.39 is 5.91 Å². The van der Waals surface area contributed by atoms with Crippen LogP contribution in [0.25, 0.3) is 0 Å². The van der Waals surface area contributed by atoms with Crippen LogP contribution in [0.1, 0.15) is 27.6 Å². The van der Waals surface area contributed by atoms with E-state index in [1.54, 1.807) is 67.7 Å². The van der Waals surface area contributed by atoms with Crippen LogP contribution in [0.5, 0.6) is 0 Å². The second kappa shape index (κ2) is 9.41. The standard InChI is InChI=1S/C21H17Cl2N3O3/c1-2-29-21(28)13-6-8-14(9-7-13)25-18-12-15(10-11-24-18)26-20(27)19-16(22)4-3-5-17(19)23/h3-12H,2H2,1H3,(H2,24,25,26,27). The highest BCUT2D eigenvalue weighted by Gasteiger charge is 2.15. The fraction of sp³-hybridized carbons (Fsp3) is 0.0952. The van der Waals surface area contributed by atoms with Crippen molar-refractivity contribution in [1.82, 2.24) is 4.98 Å². The third-order valence-corrected chi connectivity index (χ3v) is 4.51. The highest BCUT2D eigenvalue weighted by atomic mass is 35.5. The van der Waals surface area contributed by atoms with Gasteiger partial charge in [0.25, 0.3) is 5.91 Å². The summed E-state index contributed by atoms with van der Waals surface area (Å²) in [6, 6.07) is 15.0. The molecule has 1 heterocycles. The van der Waals surface area contributed by atoms with Crippen LogP contribution >= 0.6 is 23.2 Å². The Kier molecular flexibility index (Phi) is 6.69. The molecule has 1 amide bonds. The predicted molar refractivity (Wildman–Crippen MR) is 114 cm³/mol. The van der Waals surface area contributed by atoms with E-state index in [-0.39, 0.29) is 21.6 Å². The third-order valence-electron chi connectivity index (χ3n) is 3.88. The summed E-state index contributed by atoms with van der Waals surface area (Å²) >= 11 is 12.2. The lowest BCUT2D eigenvalue weighted by molar-refractivity contribution is 0.0526. The summed E-state index contributed by atoms with van der Waals surface area (Å²) in [7, 11) is 0. The zero-order chi connectivity index (χ0) is 20.8. The Morgan fingerprint density at radius 3 is 2.34 bits per heavy atom. The second-order valence-electron chi connectivity index (χ2n) is 5.90. The Bertz CT molecular complexity index is 1020. The molecular weight excluding hydrogens is 413 g/mol. The highest BCUT2D eigenvalue weighted by Crippen LogP contribution is 2.26. The molecule has 0 aliphatic heterocycles. The minimum Gasteiger partial charge on any atom is -0.462 e. The Balaban J connectivity index is 1.71. The van der Waals surface area contributed by atoms with Crippen LogP contribution in [0.3, 0.4) is 0 Å². The van der Waals surface area contributed by atoms with Gasteiger partial charge in [-0.2, -0.15) is 0 Å². The van der Waals surface area contributed by atoms with Crippen molar-refractivity contribution in [2.45, 2.75) is 6.92 Å². The SMILES string of the molecule is CCOC(=O)c1ccc(Nc2cc(NC(=O)c3c(Cl)cccc3Cl)ccn2)cc1. The number of ether oxygens (including phenoxy) is 1. The summed E-state index contributed by atoms with van der Waals surface area (Å²) in [6.45, 7) is 2.08. The molecule has 148 valence electrons. The Morgan fingerprint density at radius 1 is 1.00 bits per heavy atom. The first kappa shape index (κ1) is 20.6. The average molecular weight is 430 g/mol. The molecule has 0 spiro atoms. The Labute approximate surface area is 177 Å². The van der Waals surface area contributed by atoms with E-state index in [9.17, 15) is 9.59 Å². The van der Waals surface area contributed by atoms with Crippen LogP contribution in [-0.4, -0.2) is 23.5 Å². The zero-order valence-electron chi connectivity index (χ0n) is 15.4. The summed E-state index contributed by atoms with van der Waals surface area (Å²) in [4.78, 5) is 28.5. The van der Waals surface area contributed by atoms with Gasteiger partial charge in [0.2, 0.25) is 0 Å². The summed E-state index contributed by atoms with van der Waals surface area (Å²) in [6.07, 6.45) is 1.55. The van der Waals surface area contributed by atoms with Crippen LogP contribution < -0.4 is 10.6 Å². The summed E-state index contributed by atoms with van der Waals surface area (Å²) in [5.74, 6) is -0.284. The van der Waals surface area contributed by atoms with Crippen molar-refractivity contribution in [3.8, 4) is 0 Å². The van der Waals surface area contributed by atoms with Gasteiger partial charge in [0.1, 0.15) is 5.82 Å². The molecule has 1 aromatic heterocycles. The summed E-state index contributed by atoms with van der Waals surface area (Å²) < 4.78 is 4.96. The van der Waals surface area contributed by atoms with Crippen molar-refractivity contribution in [1.29, 1.82) is 0 Å². The topological polar surface area (TPSA) is 80.3 Å². The summed E-state index contributed by atoms with van der Waals surface area (Å²) in [5.41, 5.74) is 1.91. The maximum absolute atomic E-state index is 12.5. The molecule has 0 radical (unpaired) electrons. The molecule has 3 rings (SSSR count). The Morgan fingerprint density at radius 2 is 1.69 bits per heavy atom. The molecule has 0 fully saturated rings. The normalized spacial score (nSPS) is 10.3. The first-order valence-corrected chi connectivity index (χ1v) is 9.49. The molecule has 0 atom stereocenters. The fourth-order valence-electron chi connectivity index (χ4n) is 2.54. The first-order chi connectivity index (χ1) is 14.0. The molecule has 0 unspecified atom stereocenters. The number of nitrogens with one attached hydrogen (secondary N) is 2. The van der Waals surface area contributed by atoms with Gasteiger partial charge in [-0.1, -0.05) is 29.3 Å². The first-order valence-electron chi connectivity index (χ1n) is 8.73. The number of carbonyl (C=O) groups is 2. The molecule has 0 aliphatic rings. The van der Waals surface area contributed by atoms with Crippen molar-refractivity contribution in [3.63, 3.8) is 0 Å². The maximum atomic E-state index is 12.5. The van der Waals surface area contributed by atoms with Crippen LogP contribution in [0.2, 0.25) is 10.0 Å². The molecule has 2 N–H and O–H groups in total. The highest BCUT2D eigenvalue weighted by molar-refractivity contribution is 6.40. The molecule has 29 heavy (non-hydrogen) atoms. The largest absolute Gasteiger partial charge is 0.462 e. The number of halogens is 2. The van der Waals surface area contributed by atoms with Gasteiger partial charge in [-0.25, -0.2) is 9.78 Å². The van der Waals surface area contributed by atoms with E-state index in [2.05, 4.69) is 15.6 Å². The molecule has 8 heteroatoms. The lowest BCUT2D eigenvalue weighted by Crippen LogP contribution is -2.13. The van der Waals surface area contributed by atoms with Crippen LogP contribution in [0.15, 0.2) is 60.8 Å². The van der Waals surface area contributed by atoms with Crippen LogP contribution in [0, 0.1) is 0 Å². The van der Waals surface area contributed by atoms with Gasteiger partial charge in [-0.15, -0.1) is 0 Å². The molecule has 0 saturated heterocycles. The number of pyridine rings is 1. The third kappa shape index (κ3) is 5.25. The minimum absolute atomic E-state index is 0.205. The number of rotatable bonds is 6. The Hall–Kier alpha value is -3.09. The lowest BCUT2D eigenvalue weighted by atomic mass is 10.2. The molecule has 0 bridgehead atoms. The average Bonchev–Trinajstić information content (AvgIpc) is 2.69. The van der Waals surface area contributed by atoms with Crippen molar-refractivity contribution in [2.75, 3.05) is 17.2 Å². The number of anilines is 3. The number of amides is 1. The van der Waals surface area contributed by atoms with E-state index in [0.717, 1.165) is 5.69 Å². The van der Waals surface area contributed by atoms with E-state index in [1.165, 1.54) is 0 Å². The second-order valence-corrected chi connectivity index (χ2v) is 6.72. The zero-order valence-corrected chi connectivity index (χ0v) is 16.9. The predicted octanol–water partition coefficient (Wildman–Crippen LogP) is 5.56. The molecule has 0 saturated carbocycles. The van der Waals surface area contributed by atoms with Gasteiger partial charge in [-0.3, -0.25) is 4.79 Å². The van der Waals surface area contributed by atoms with E-state index in [4.69, 9.17) is 27.9 Å². The van der Waals surface area contributed by atoms with Gasteiger partial charge in [-0.05, 0) is 49.4 Å². The minimum atomic E-state index is -0.420. The van der Waals surface area contributed by atoms with Crippen molar-refractivity contribution in [3.05, 3.63) is 82.0 Å². The van der Waals surface area contributed by atoms with Gasteiger partial charge in [0, 0.05) is 23.6 Å². The van der Waals surface area contributed by atoms with Crippen molar-refractivity contribution in [2.24, 2.45) is 0 Å². The van der Waals surface area contributed by atoms with Crippen molar-refractivity contribution >= 4 is 52.3 Å². The maximum Gasteiger partial charge on any atom is 0.338 e. The number of hydrogen-bond acceptors (Lipinski definition) is 5. The van der Waals surface area contributed by atoms with Crippen LogP contribution in [-0.2, 0) is 4.74 Å². The van der Waals surface area contributed by atoms with E-state index in [1.807, 2.05) is 0 Å². The molecule has 3 aromatic rings. The number of esters is 1. The number of aromatic nitrogens is 1. The van der Waals surface area contributed by atoms with Gasteiger partial charge >= 0.3 is 5.97 Å². The van der Waals surface area contributed by atoms with Gasteiger partial charge in [0.15, 0.2) is 0 Å². The molecule has 0 aliphatic carbocycles. The summed E-state index contributed by atoms with van der Waals surface area (Å²) in [5, 5.41) is 6.40. The lowest BCUT2D eigenvalue weighted by Gasteiger charge is -2.11. The fourth-order valence-corrected chi connectivity index (χ4v) is 3.11. The number of hydrogen-bond donors (Lipinski definition) is 2. The van der Waals surface area contributed by atoms with E-state index >= 15 is 0 Å². The number of benzene rings is 2. The number of carbonyl (C=O) groups excluding carboxylic acids is 2. The van der Waals surface area contributed by atoms with E-state index in [0.29, 0.717) is 23.7 Å². The smallest absolute Gasteiger partial charge is 0.338 e. The molecule has 6 nitrogen and oxygen atoms in total. The van der Waals surface area contributed by atoms with Gasteiger partial charge in [0.05, 0.1) is 27.8 Å².